The average molecular weight is 509 g/mol. The molecule has 0 radical (unpaired) electrons. The number of amides is 2. The number of piperazine rings is 1. The van der Waals surface area contributed by atoms with Crippen LogP contribution in [0.25, 0.3) is 15.5 Å². The number of urea groups is 1. The fourth-order valence-corrected chi connectivity index (χ4v) is 5.15. The zero-order chi connectivity index (χ0) is 24.4. The summed E-state index contributed by atoms with van der Waals surface area (Å²) in [7, 11) is 0. The van der Waals surface area contributed by atoms with E-state index in [-0.39, 0.29) is 11.6 Å². The number of benzene rings is 2. The third kappa shape index (κ3) is 5.37. The van der Waals surface area contributed by atoms with Gasteiger partial charge in [-0.05, 0) is 36.2 Å². The highest BCUT2D eigenvalue weighted by molar-refractivity contribution is 7.19. The van der Waals surface area contributed by atoms with E-state index >= 15 is 0 Å². The fourth-order valence-electron chi connectivity index (χ4n) is 4.04. The van der Waals surface area contributed by atoms with Crippen LogP contribution in [0.15, 0.2) is 59.4 Å². The van der Waals surface area contributed by atoms with Gasteiger partial charge in [0.2, 0.25) is 4.96 Å². The van der Waals surface area contributed by atoms with Crippen molar-refractivity contribution in [2.75, 3.05) is 31.5 Å². The van der Waals surface area contributed by atoms with Gasteiger partial charge < -0.3 is 10.2 Å². The highest BCUT2D eigenvalue weighted by Gasteiger charge is 2.22. The van der Waals surface area contributed by atoms with Crippen molar-refractivity contribution in [1.82, 2.24) is 24.4 Å². The van der Waals surface area contributed by atoms with Crippen molar-refractivity contribution in [3.05, 3.63) is 81.2 Å². The Morgan fingerprint density at radius 1 is 1.09 bits per heavy atom. The lowest BCUT2D eigenvalue weighted by Gasteiger charge is -2.34. The highest BCUT2D eigenvalue weighted by atomic mass is 35.5. The number of carbonyl (C=O) groups is 1. The molecule has 5 rings (SSSR count). The Morgan fingerprint density at radius 3 is 2.57 bits per heavy atom. The molecule has 0 atom stereocenters. The van der Waals surface area contributed by atoms with Crippen LogP contribution in [0.3, 0.4) is 0 Å². The number of hydrogen-bond donors (Lipinski definition) is 1. The monoisotopic (exact) mass is 508 g/mol. The fraction of sp³-hybridized carbons (Fsp3) is 0.280. The van der Waals surface area contributed by atoms with Crippen molar-refractivity contribution >= 4 is 39.6 Å². The maximum Gasteiger partial charge on any atom is 0.321 e. The molecule has 10 heteroatoms. The predicted molar refractivity (Wildman–Crippen MR) is 139 cm³/mol. The molecule has 0 aliphatic carbocycles. The number of carbonyl (C=O) groups excluding carboxylic acids is 1. The van der Waals surface area contributed by atoms with Gasteiger partial charge in [0.25, 0.3) is 5.56 Å². The topological polar surface area (TPSA) is 82.8 Å². The van der Waals surface area contributed by atoms with Crippen molar-refractivity contribution < 1.29 is 4.79 Å². The van der Waals surface area contributed by atoms with Crippen molar-refractivity contribution in [2.24, 2.45) is 0 Å². The molecule has 0 bridgehead atoms. The summed E-state index contributed by atoms with van der Waals surface area (Å²) in [6.07, 6.45) is 0.969. The van der Waals surface area contributed by atoms with Crippen LogP contribution < -0.4 is 10.9 Å². The maximum absolute atomic E-state index is 12.7. The lowest BCUT2D eigenvalue weighted by Crippen LogP contribution is -2.49. The van der Waals surface area contributed by atoms with E-state index in [9.17, 15) is 9.59 Å². The molecule has 1 aliphatic rings. The van der Waals surface area contributed by atoms with Crippen LogP contribution in [0, 0.1) is 0 Å². The molecular weight excluding hydrogens is 484 g/mol. The molecule has 35 heavy (non-hydrogen) atoms. The molecule has 1 N–H and O–H groups in total. The quantitative estimate of drug-likeness (QED) is 0.432. The van der Waals surface area contributed by atoms with Gasteiger partial charge in [-0.3, -0.25) is 9.69 Å². The standard InChI is InChI=1S/C25H25ClN6O2S/c1-2-17-6-8-20(9-7-17)27-24(34)31-12-10-30(11-13-31)16-21-15-22(33)32-25(28-21)35-23(29-32)18-4-3-5-19(26)14-18/h3-9,14-15H,2,10-13,16H2,1H3,(H,27,34). The predicted octanol–water partition coefficient (Wildman–Crippen LogP) is 4.38. The van der Waals surface area contributed by atoms with Crippen molar-refractivity contribution in [2.45, 2.75) is 19.9 Å². The van der Waals surface area contributed by atoms with Gasteiger partial charge >= 0.3 is 6.03 Å². The van der Waals surface area contributed by atoms with E-state index in [0.29, 0.717) is 53.4 Å². The SMILES string of the molecule is CCc1ccc(NC(=O)N2CCN(Cc3cc(=O)n4nc(-c5cccc(Cl)c5)sc4n3)CC2)cc1. The van der Waals surface area contributed by atoms with Crippen molar-refractivity contribution in [3.63, 3.8) is 0 Å². The number of rotatable bonds is 5. The Morgan fingerprint density at radius 2 is 1.86 bits per heavy atom. The van der Waals surface area contributed by atoms with Gasteiger partial charge in [0.1, 0.15) is 5.01 Å². The van der Waals surface area contributed by atoms with Gasteiger partial charge in [-0.25, -0.2) is 9.78 Å². The lowest BCUT2D eigenvalue weighted by molar-refractivity contribution is 0.142. The first-order valence-electron chi connectivity index (χ1n) is 11.5. The van der Waals surface area contributed by atoms with Crippen molar-refractivity contribution in [1.29, 1.82) is 0 Å². The number of fused-ring (bicyclic) bond motifs is 1. The van der Waals surface area contributed by atoms with Crippen molar-refractivity contribution in [3.8, 4) is 10.6 Å². The number of nitrogens with zero attached hydrogens (tertiary/aromatic N) is 5. The van der Waals surface area contributed by atoms with Crippen LogP contribution in [-0.4, -0.2) is 56.6 Å². The number of halogens is 1. The molecule has 2 aromatic carbocycles. The van der Waals surface area contributed by atoms with Crippen LogP contribution in [-0.2, 0) is 13.0 Å². The molecule has 4 aromatic rings. The summed E-state index contributed by atoms with van der Waals surface area (Å²) >= 11 is 7.46. The van der Waals surface area contributed by atoms with Gasteiger partial charge in [-0.2, -0.15) is 9.61 Å². The molecule has 180 valence electrons. The Kier molecular flexibility index (Phi) is 6.81. The molecule has 0 unspecified atom stereocenters. The minimum absolute atomic E-state index is 0.0927. The Hall–Kier alpha value is -3.27. The number of anilines is 1. The smallest absolute Gasteiger partial charge is 0.321 e. The molecule has 1 aliphatic heterocycles. The van der Waals surface area contributed by atoms with Gasteiger partial charge in [0.15, 0.2) is 0 Å². The zero-order valence-electron chi connectivity index (χ0n) is 19.3. The molecule has 8 nitrogen and oxygen atoms in total. The highest BCUT2D eigenvalue weighted by Crippen LogP contribution is 2.26. The first-order chi connectivity index (χ1) is 17.0. The molecule has 1 fully saturated rings. The first kappa shape index (κ1) is 23.5. The van der Waals surface area contributed by atoms with Gasteiger partial charge in [0.05, 0.1) is 5.69 Å². The van der Waals surface area contributed by atoms with E-state index in [0.717, 1.165) is 17.7 Å². The van der Waals surface area contributed by atoms with E-state index in [1.54, 1.807) is 6.07 Å². The van der Waals surface area contributed by atoms with Crippen LogP contribution >= 0.6 is 22.9 Å². The number of aryl methyl sites for hydroxylation is 1. The van der Waals surface area contributed by atoms with Crippen LogP contribution in [0.5, 0.6) is 0 Å². The Balaban J connectivity index is 1.21. The third-order valence-corrected chi connectivity index (χ3v) is 7.22. The maximum atomic E-state index is 12.7. The van der Waals surface area contributed by atoms with E-state index in [1.165, 1.54) is 27.5 Å². The van der Waals surface area contributed by atoms with Gasteiger partial charge in [-0.1, -0.05) is 54.1 Å². The second-order valence-corrected chi connectivity index (χ2v) is 9.83. The summed E-state index contributed by atoms with van der Waals surface area (Å²) in [5.41, 5.74) is 3.38. The normalized spacial score (nSPS) is 14.4. The number of hydrogen-bond acceptors (Lipinski definition) is 6. The van der Waals surface area contributed by atoms with Crippen LogP contribution in [0.2, 0.25) is 5.02 Å². The van der Waals surface area contributed by atoms with Crippen LogP contribution in [0.1, 0.15) is 18.2 Å². The molecule has 3 heterocycles. The summed E-state index contributed by atoms with van der Waals surface area (Å²) in [4.78, 5) is 34.6. The summed E-state index contributed by atoms with van der Waals surface area (Å²) in [5.74, 6) is 0. The van der Waals surface area contributed by atoms with E-state index in [4.69, 9.17) is 11.6 Å². The Bertz CT molecular complexity index is 1410. The average Bonchev–Trinajstić information content (AvgIpc) is 3.30. The summed E-state index contributed by atoms with van der Waals surface area (Å²) < 4.78 is 1.33. The molecule has 1 saturated heterocycles. The molecular formula is C25H25ClN6O2S. The van der Waals surface area contributed by atoms with Gasteiger partial charge in [0, 0.05) is 55.1 Å². The molecule has 0 spiro atoms. The second kappa shape index (κ2) is 10.2. The number of nitrogens with one attached hydrogen (secondary N) is 1. The van der Waals surface area contributed by atoms with E-state index < -0.39 is 0 Å². The second-order valence-electron chi connectivity index (χ2n) is 8.44. The first-order valence-corrected chi connectivity index (χ1v) is 12.7. The van der Waals surface area contributed by atoms with Gasteiger partial charge in [-0.15, -0.1) is 0 Å². The molecule has 2 amide bonds. The third-order valence-electron chi connectivity index (χ3n) is 6.03. The lowest BCUT2D eigenvalue weighted by atomic mass is 10.1. The summed E-state index contributed by atoms with van der Waals surface area (Å²) in [6.45, 7) is 5.29. The van der Waals surface area contributed by atoms with E-state index in [1.807, 2.05) is 47.4 Å². The molecule has 0 saturated carbocycles. The van der Waals surface area contributed by atoms with Crippen LogP contribution in [0.4, 0.5) is 10.5 Å². The minimum atomic E-state index is -0.207. The summed E-state index contributed by atoms with van der Waals surface area (Å²) in [5, 5.41) is 8.70. The largest absolute Gasteiger partial charge is 0.322 e. The molecule has 2 aromatic heterocycles. The Labute approximate surface area is 211 Å². The minimum Gasteiger partial charge on any atom is -0.322 e. The summed E-state index contributed by atoms with van der Waals surface area (Å²) in [6, 6.07) is 16.8. The van der Waals surface area contributed by atoms with E-state index in [2.05, 4.69) is 27.2 Å². The number of aromatic nitrogens is 3. The zero-order valence-corrected chi connectivity index (χ0v) is 20.8.